The number of hydrogen-bond donors (Lipinski definition) is 4. The lowest BCUT2D eigenvalue weighted by atomic mass is 9.78. The zero-order valence-electron chi connectivity index (χ0n) is 10.7. The van der Waals surface area contributed by atoms with Crippen molar-refractivity contribution >= 4 is 23.1 Å². The standard InChI is InChI=1S/C11H16N4O4S/c12-8(15-18)11(1-3-19-4-2-11)9(16)13-5-7-6-20-10(17)14-7/h6,18H,1-5H2,(H2,12,15)(H,13,16)(H,14,17). The number of carbonyl (C=O) groups is 1. The Hall–Kier alpha value is -1.87. The van der Waals surface area contributed by atoms with Gasteiger partial charge in [-0.2, -0.15) is 0 Å². The first-order valence-corrected chi connectivity index (χ1v) is 6.97. The number of aromatic amines is 1. The van der Waals surface area contributed by atoms with Crippen LogP contribution in [0.2, 0.25) is 0 Å². The number of H-pyrrole nitrogens is 1. The number of rotatable bonds is 4. The minimum Gasteiger partial charge on any atom is -0.409 e. The zero-order chi connectivity index (χ0) is 14.6. The van der Waals surface area contributed by atoms with E-state index < -0.39 is 5.41 Å². The van der Waals surface area contributed by atoms with Crippen LogP contribution >= 0.6 is 11.3 Å². The number of nitrogens with one attached hydrogen (secondary N) is 2. The monoisotopic (exact) mass is 300 g/mol. The lowest BCUT2D eigenvalue weighted by Crippen LogP contribution is -2.52. The number of oxime groups is 1. The summed E-state index contributed by atoms with van der Waals surface area (Å²) in [6.45, 7) is 0.941. The van der Waals surface area contributed by atoms with Crippen LogP contribution in [0.15, 0.2) is 15.3 Å². The third kappa shape index (κ3) is 2.83. The lowest BCUT2D eigenvalue weighted by Gasteiger charge is -2.34. The molecule has 0 atom stereocenters. The Kier molecular flexibility index (Phi) is 4.40. The van der Waals surface area contributed by atoms with Gasteiger partial charge in [0.15, 0.2) is 5.84 Å². The second-order valence-electron chi connectivity index (χ2n) is 4.54. The predicted octanol–water partition coefficient (Wildman–Crippen LogP) is -0.404. The molecular weight excluding hydrogens is 284 g/mol. The molecule has 8 nitrogen and oxygen atoms in total. The molecule has 1 amide bonds. The van der Waals surface area contributed by atoms with Crippen molar-refractivity contribution in [3.63, 3.8) is 0 Å². The summed E-state index contributed by atoms with van der Waals surface area (Å²) in [6, 6.07) is 0. The molecule has 1 saturated heterocycles. The predicted molar refractivity (Wildman–Crippen MR) is 72.7 cm³/mol. The van der Waals surface area contributed by atoms with Gasteiger partial charge in [0.2, 0.25) is 5.91 Å². The molecule has 0 bridgehead atoms. The quantitative estimate of drug-likeness (QED) is 0.260. The number of nitrogens with two attached hydrogens (primary N) is 1. The zero-order valence-corrected chi connectivity index (χ0v) is 11.5. The fourth-order valence-electron chi connectivity index (χ4n) is 2.16. The molecule has 20 heavy (non-hydrogen) atoms. The molecule has 1 fully saturated rings. The second-order valence-corrected chi connectivity index (χ2v) is 5.38. The summed E-state index contributed by atoms with van der Waals surface area (Å²) < 4.78 is 5.22. The van der Waals surface area contributed by atoms with Crippen LogP contribution in [0.5, 0.6) is 0 Å². The van der Waals surface area contributed by atoms with Gasteiger partial charge >= 0.3 is 4.87 Å². The molecule has 0 saturated carbocycles. The molecule has 0 spiro atoms. The van der Waals surface area contributed by atoms with E-state index in [1.807, 2.05) is 0 Å². The molecule has 0 unspecified atom stereocenters. The van der Waals surface area contributed by atoms with E-state index >= 15 is 0 Å². The molecule has 0 aromatic carbocycles. The minimum absolute atomic E-state index is 0.114. The van der Waals surface area contributed by atoms with Crippen LogP contribution in [-0.4, -0.2) is 35.1 Å². The van der Waals surface area contributed by atoms with Gasteiger partial charge in [-0.25, -0.2) is 0 Å². The smallest absolute Gasteiger partial charge is 0.304 e. The third-order valence-electron chi connectivity index (χ3n) is 3.39. The summed E-state index contributed by atoms with van der Waals surface area (Å²) >= 11 is 1.03. The van der Waals surface area contributed by atoms with Gasteiger partial charge < -0.3 is 26.0 Å². The van der Waals surface area contributed by atoms with Gasteiger partial charge in [-0.05, 0) is 12.8 Å². The van der Waals surface area contributed by atoms with Crippen molar-refractivity contribution in [2.45, 2.75) is 19.4 Å². The van der Waals surface area contributed by atoms with Crippen LogP contribution in [0.4, 0.5) is 0 Å². The van der Waals surface area contributed by atoms with Gasteiger partial charge in [0.25, 0.3) is 0 Å². The van der Waals surface area contributed by atoms with Gasteiger partial charge in [0.1, 0.15) is 5.41 Å². The van der Waals surface area contributed by atoms with E-state index in [2.05, 4.69) is 15.5 Å². The molecule has 2 rings (SSSR count). The van der Waals surface area contributed by atoms with Gasteiger partial charge in [0, 0.05) is 24.3 Å². The van der Waals surface area contributed by atoms with Crippen molar-refractivity contribution in [2.24, 2.45) is 16.3 Å². The van der Waals surface area contributed by atoms with Gasteiger partial charge in [-0.1, -0.05) is 16.5 Å². The Morgan fingerprint density at radius 3 is 2.85 bits per heavy atom. The lowest BCUT2D eigenvalue weighted by molar-refractivity contribution is -0.131. The molecule has 110 valence electrons. The van der Waals surface area contributed by atoms with E-state index in [9.17, 15) is 9.59 Å². The highest BCUT2D eigenvalue weighted by Gasteiger charge is 2.44. The number of amides is 1. The largest absolute Gasteiger partial charge is 0.409 e. The number of aromatic nitrogens is 1. The molecule has 1 aliphatic rings. The number of ether oxygens (including phenoxy) is 1. The van der Waals surface area contributed by atoms with Crippen LogP contribution < -0.4 is 15.9 Å². The van der Waals surface area contributed by atoms with Crippen LogP contribution in [0.1, 0.15) is 18.5 Å². The molecule has 2 heterocycles. The van der Waals surface area contributed by atoms with E-state index in [4.69, 9.17) is 15.7 Å². The van der Waals surface area contributed by atoms with E-state index in [0.717, 1.165) is 11.3 Å². The number of carbonyl (C=O) groups excluding carboxylic acids is 1. The highest BCUT2D eigenvalue weighted by molar-refractivity contribution is 7.07. The maximum Gasteiger partial charge on any atom is 0.304 e. The second kappa shape index (κ2) is 6.06. The number of thiazole rings is 1. The topological polar surface area (TPSA) is 130 Å². The Labute approximate surface area is 118 Å². The summed E-state index contributed by atoms with van der Waals surface area (Å²) in [5.41, 5.74) is 5.25. The van der Waals surface area contributed by atoms with Crippen LogP contribution in [0.25, 0.3) is 0 Å². The van der Waals surface area contributed by atoms with Gasteiger partial charge in [-0.15, -0.1) is 0 Å². The SMILES string of the molecule is NC(=NO)C1(C(=O)NCc2csc(=O)[nH]2)CCOCC1. The highest BCUT2D eigenvalue weighted by Crippen LogP contribution is 2.31. The molecule has 1 aliphatic heterocycles. The van der Waals surface area contributed by atoms with Gasteiger partial charge in [-0.3, -0.25) is 9.59 Å². The first-order chi connectivity index (χ1) is 9.58. The molecule has 9 heteroatoms. The Morgan fingerprint density at radius 2 is 2.30 bits per heavy atom. The summed E-state index contributed by atoms with van der Waals surface area (Å²) in [6.07, 6.45) is 0.712. The van der Waals surface area contributed by atoms with Crippen molar-refractivity contribution in [1.29, 1.82) is 0 Å². The first-order valence-electron chi connectivity index (χ1n) is 6.09. The maximum absolute atomic E-state index is 12.4. The summed E-state index contributed by atoms with van der Waals surface area (Å²) in [5.74, 6) is -0.444. The summed E-state index contributed by atoms with van der Waals surface area (Å²) in [5, 5.41) is 16.2. The van der Waals surface area contributed by atoms with Crippen LogP contribution in [0.3, 0.4) is 0 Å². The van der Waals surface area contributed by atoms with Crippen molar-refractivity contribution in [3.05, 3.63) is 20.7 Å². The normalized spacial score (nSPS) is 18.7. The maximum atomic E-state index is 12.4. The molecule has 1 aromatic heterocycles. The Bertz CT molecular complexity index is 559. The van der Waals surface area contributed by atoms with Crippen molar-refractivity contribution in [1.82, 2.24) is 10.3 Å². The minimum atomic E-state index is -1.05. The van der Waals surface area contributed by atoms with E-state index in [-0.39, 0.29) is 23.2 Å². The average Bonchev–Trinajstić information content (AvgIpc) is 2.90. The molecule has 1 aromatic rings. The number of hydrogen-bond acceptors (Lipinski definition) is 6. The first kappa shape index (κ1) is 14.5. The Morgan fingerprint density at radius 1 is 1.60 bits per heavy atom. The molecule has 0 radical (unpaired) electrons. The number of nitrogens with zero attached hydrogens (tertiary/aromatic N) is 1. The fraction of sp³-hybridized carbons (Fsp3) is 0.545. The third-order valence-corrected chi connectivity index (χ3v) is 4.11. The van der Waals surface area contributed by atoms with E-state index in [1.54, 1.807) is 5.38 Å². The van der Waals surface area contributed by atoms with E-state index in [0.29, 0.717) is 31.7 Å². The molecule has 5 N–H and O–H groups in total. The van der Waals surface area contributed by atoms with Crippen molar-refractivity contribution in [3.8, 4) is 0 Å². The fourth-order valence-corrected chi connectivity index (χ4v) is 2.74. The Balaban J connectivity index is 2.09. The molecular formula is C11H16N4O4S. The van der Waals surface area contributed by atoms with Crippen molar-refractivity contribution < 1.29 is 14.7 Å². The summed E-state index contributed by atoms with van der Waals surface area (Å²) in [7, 11) is 0. The average molecular weight is 300 g/mol. The number of amidine groups is 1. The summed E-state index contributed by atoms with van der Waals surface area (Å²) in [4.78, 5) is 25.8. The van der Waals surface area contributed by atoms with Gasteiger partial charge in [0.05, 0.1) is 6.54 Å². The van der Waals surface area contributed by atoms with Crippen LogP contribution in [-0.2, 0) is 16.1 Å². The van der Waals surface area contributed by atoms with Crippen LogP contribution in [0, 0.1) is 5.41 Å². The molecule has 0 aliphatic carbocycles. The highest BCUT2D eigenvalue weighted by atomic mass is 32.1. The van der Waals surface area contributed by atoms with Crippen molar-refractivity contribution in [2.75, 3.05) is 13.2 Å². The van der Waals surface area contributed by atoms with E-state index in [1.165, 1.54) is 0 Å².